The zero-order chi connectivity index (χ0) is 72.4. The Bertz CT molecular complexity index is 2930. The number of aliphatic hydroxyl groups excluding tert-OH is 2. The fraction of sp³-hybridized carbons (Fsp3) is 0.688. The van der Waals surface area contributed by atoms with Crippen molar-refractivity contribution in [3.63, 3.8) is 0 Å². The van der Waals surface area contributed by atoms with Crippen LogP contribution in [0.15, 0.2) is 30.3 Å². The number of β-amino-alcohol motifs (C(OH)–C–C–N with tert-alkyl or cyclic N) is 1. The number of hydrogen-bond donors (Lipinski definition) is 15. The molecule has 1 aliphatic heterocycles. The average Bonchev–Trinajstić information content (AvgIpc) is 1.47. The van der Waals surface area contributed by atoms with Crippen LogP contribution in [0.2, 0.25) is 0 Å². The molecule has 16 N–H and O–H groups in total. The third kappa shape index (κ3) is 24.6. The third-order valence-corrected chi connectivity index (χ3v) is 15.9. The number of amides is 14. The van der Waals surface area contributed by atoms with Crippen LogP contribution in [0.3, 0.4) is 0 Å². The molecular weight excluding hydrogens is 1220 g/mol. The van der Waals surface area contributed by atoms with E-state index in [9.17, 15) is 77.3 Å². The molecule has 1 aliphatic rings. The molecule has 30 nitrogen and oxygen atoms in total. The summed E-state index contributed by atoms with van der Waals surface area (Å²) in [5.41, 5.74) is -3.87. The first-order valence-electron chi connectivity index (χ1n) is 31.7. The van der Waals surface area contributed by atoms with Gasteiger partial charge in [0.15, 0.2) is 0 Å². The molecule has 2 rings (SSSR count). The van der Waals surface area contributed by atoms with Crippen LogP contribution in [0.5, 0.6) is 0 Å². The van der Waals surface area contributed by atoms with E-state index in [1.54, 1.807) is 48.5 Å². The number of benzene rings is 1. The minimum atomic E-state index is -1.85. The number of nitrogens with one attached hydrogen (secondary N) is 12. The summed E-state index contributed by atoms with van der Waals surface area (Å²) in [6.45, 7) is 26.8. The summed E-state index contributed by atoms with van der Waals surface area (Å²) in [5, 5.41) is 52.1. The quantitative estimate of drug-likeness (QED) is 0.0354. The molecule has 1 fully saturated rings. The number of nitrogens with zero attached hydrogens (tertiary/aromatic N) is 1. The van der Waals surface area contributed by atoms with E-state index in [1.807, 2.05) is 30.3 Å². The number of aliphatic hydroxyl groups is 2. The lowest BCUT2D eigenvalue weighted by Gasteiger charge is -2.37. The Hall–Kier alpha value is -8.28. The molecule has 8 atom stereocenters. The summed E-state index contributed by atoms with van der Waals surface area (Å²) >= 11 is 0. The molecule has 94 heavy (non-hydrogen) atoms. The van der Waals surface area contributed by atoms with Gasteiger partial charge in [-0.2, -0.15) is 0 Å². The molecule has 0 spiro atoms. The minimum Gasteiger partial charge on any atom is -0.394 e. The van der Waals surface area contributed by atoms with Crippen molar-refractivity contribution in [2.24, 2.45) is 23.5 Å². The smallest absolute Gasteiger partial charge is 0.248 e. The van der Waals surface area contributed by atoms with Crippen LogP contribution < -0.4 is 69.5 Å². The van der Waals surface area contributed by atoms with E-state index in [0.29, 0.717) is 6.42 Å². The number of nitrogens with two attached hydrogens (primary N) is 1. The first kappa shape index (κ1) is 81.8. The number of carbonyl (C=O) groups excluding carboxylic acids is 14. The molecule has 1 saturated heterocycles. The molecule has 0 saturated carbocycles. The zero-order valence-electron chi connectivity index (χ0n) is 58.2. The largest absolute Gasteiger partial charge is 0.394 e. The maximum absolute atomic E-state index is 14.4. The molecule has 30 heteroatoms. The molecule has 1 aromatic rings. The summed E-state index contributed by atoms with van der Waals surface area (Å²) in [4.78, 5) is 190. The Morgan fingerprint density at radius 1 is 0.574 bits per heavy atom. The molecule has 0 radical (unpaired) electrons. The van der Waals surface area contributed by atoms with Crippen LogP contribution in [0, 0.1) is 17.8 Å². The fourth-order valence-corrected chi connectivity index (χ4v) is 9.76. The summed E-state index contributed by atoms with van der Waals surface area (Å²) in [6, 6.07) is 1.96. The van der Waals surface area contributed by atoms with Crippen molar-refractivity contribution in [1.82, 2.24) is 68.7 Å². The molecular formula is C64H106N14O16. The molecule has 528 valence electrons. The van der Waals surface area contributed by atoms with Gasteiger partial charge in [-0.05, 0) is 125 Å². The van der Waals surface area contributed by atoms with E-state index in [4.69, 9.17) is 5.73 Å². The normalized spacial score (nSPS) is 16.7. The number of rotatable bonds is 35. The van der Waals surface area contributed by atoms with E-state index in [0.717, 1.165) is 10.5 Å². The van der Waals surface area contributed by atoms with Crippen molar-refractivity contribution in [3.8, 4) is 0 Å². The Labute approximate surface area is 551 Å². The molecule has 0 bridgehead atoms. The standard InChI is InChI=1S/C64H106N14O16/c1-20-64(19,57(93)77-59(9,10)53(89)68-39(33-79)29-38-24-22-21-23-25-38)74-48(84)41(26-27-44(65)82)70-50(86)43-30-40(81)32-78(43)58(94)63(17,18)76-56(92)61(13,14)72-49(85)42(28-34(2)3)69-45(83)31-66-51(87)46(35(4)5)71-54(90)60(11,12)75-55(91)62(15,16)73-52(88)47(36(6)7)67-37(8)80/h21-25,34-36,39-43,46-47,79,81H,20,26-33H2,1-19H3,(H2,65,82)(H,66,87)(H,67,80)(H,68,89)(H,69,83)(H,70,86)(H,71,90)(H,72,85)(H,73,88)(H,74,84)(H,75,91)(H,76,92)(H,77,93)/t39-,40+,41-,42-,43-,46-,47-,64-/m0/s1. The maximum atomic E-state index is 14.4. The van der Waals surface area contributed by atoms with Crippen molar-refractivity contribution in [2.75, 3.05) is 19.7 Å². The second-order valence-corrected chi connectivity index (χ2v) is 28.2. The fourth-order valence-electron chi connectivity index (χ4n) is 9.76. The van der Waals surface area contributed by atoms with Gasteiger partial charge in [0.2, 0.25) is 82.7 Å². The van der Waals surface area contributed by atoms with Gasteiger partial charge in [0.1, 0.15) is 63.4 Å². The summed E-state index contributed by atoms with van der Waals surface area (Å²) in [6.07, 6.45) is -2.05. The lowest BCUT2D eigenvalue weighted by atomic mass is 9.93. The van der Waals surface area contributed by atoms with Crippen molar-refractivity contribution in [3.05, 3.63) is 35.9 Å². The monoisotopic (exact) mass is 1330 g/mol. The van der Waals surface area contributed by atoms with Crippen LogP contribution >= 0.6 is 0 Å². The first-order valence-corrected chi connectivity index (χ1v) is 31.7. The Morgan fingerprint density at radius 2 is 1.05 bits per heavy atom. The van der Waals surface area contributed by atoms with Crippen LogP contribution in [-0.4, -0.2) is 193 Å². The van der Waals surface area contributed by atoms with Crippen molar-refractivity contribution in [2.45, 2.75) is 246 Å². The molecule has 0 unspecified atom stereocenters. The summed E-state index contributed by atoms with van der Waals surface area (Å²) in [5.74, 6) is -12.0. The Balaban J connectivity index is 2.20. The predicted octanol–water partition coefficient (Wildman–Crippen LogP) is -1.87. The molecule has 1 aromatic carbocycles. The number of hydrogen-bond acceptors (Lipinski definition) is 16. The van der Waals surface area contributed by atoms with Crippen molar-refractivity contribution in [1.29, 1.82) is 0 Å². The second-order valence-electron chi connectivity index (χ2n) is 28.2. The van der Waals surface area contributed by atoms with Gasteiger partial charge in [0.25, 0.3) is 0 Å². The van der Waals surface area contributed by atoms with E-state index in [-0.39, 0.29) is 37.5 Å². The van der Waals surface area contributed by atoms with Gasteiger partial charge in [0, 0.05) is 26.3 Å². The van der Waals surface area contributed by atoms with E-state index >= 15 is 0 Å². The average molecular weight is 1330 g/mol. The lowest BCUT2D eigenvalue weighted by molar-refractivity contribution is -0.146. The van der Waals surface area contributed by atoms with Crippen molar-refractivity contribution >= 4 is 82.7 Å². The Morgan fingerprint density at radius 3 is 1.54 bits per heavy atom. The molecule has 14 amide bonds. The number of primary amides is 1. The highest BCUT2D eigenvalue weighted by Gasteiger charge is 2.48. The molecule has 0 aromatic heterocycles. The zero-order valence-corrected chi connectivity index (χ0v) is 58.2. The summed E-state index contributed by atoms with van der Waals surface area (Å²) < 4.78 is 0. The van der Waals surface area contributed by atoms with Gasteiger partial charge in [-0.1, -0.05) is 78.8 Å². The van der Waals surface area contributed by atoms with Gasteiger partial charge >= 0.3 is 0 Å². The van der Waals surface area contributed by atoms with Gasteiger partial charge in [-0.3, -0.25) is 67.1 Å². The van der Waals surface area contributed by atoms with Gasteiger partial charge in [0.05, 0.1) is 25.3 Å². The van der Waals surface area contributed by atoms with Crippen LogP contribution in [0.4, 0.5) is 0 Å². The number of likely N-dealkylation sites (tertiary alicyclic amines) is 1. The van der Waals surface area contributed by atoms with Gasteiger partial charge in [-0.15, -0.1) is 0 Å². The van der Waals surface area contributed by atoms with Crippen LogP contribution in [0.25, 0.3) is 0 Å². The van der Waals surface area contributed by atoms with Gasteiger partial charge < -0.3 is 84.6 Å². The third-order valence-electron chi connectivity index (χ3n) is 15.9. The highest BCUT2D eigenvalue weighted by Crippen LogP contribution is 2.25. The second kappa shape index (κ2) is 34.2. The van der Waals surface area contributed by atoms with Crippen LogP contribution in [0.1, 0.15) is 169 Å². The first-order chi connectivity index (χ1) is 43.1. The predicted molar refractivity (Wildman–Crippen MR) is 347 cm³/mol. The topological polar surface area (TPSA) is 453 Å². The van der Waals surface area contributed by atoms with E-state index in [1.165, 1.54) is 83.1 Å². The van der Waals surface area contributed by atoms with Crippen molar-refractivity contribution < 1.29 is 77.3 Å². The number of carbonyl (C=O) groups is 14. The van der Waals surface area contributed by atoms with Crippen LogP contribution in [-0.2, 0) is 73.5 Å². The Kier molecular flexibility index (Phi) is 29.8. The van der Waals surface area contributed by atoms with Gasteiger partial charge in [-0.25, -0.2) is 0 Å². The van der Waals surface area contributed by atoms with E-state index < -0.39 is 190 Å². The lowest BCUT2D eigenvalue weighted by Crippen LogP contribution is -2.66. The minimum absolute atomic E-state index is 0.0338. The summed E-state index contributed by atoms with van der Waals surface area (Å²) in [7, 11) is 0. The highest BCUT2D eigenvalue weighted by atomic mass is 16.3. The van der Waals surface area contributed by atoms with E-state index in [2.05, 4.69) is 63.8 Å². The maximum Gasteiger partial charge on any atom is 0.248 e. The highest BCUT2D eigenvalue weighted by molar-refractivity contribution is 6.02. The molecule has 0 aliphatic carbocycles. The SMILES string of the molecule is CC[C@](C)(NC(=O)[C@H](CCC(N)=O)NC(=O)[C@@H]1C[C@@H](O)CN1C(=O)C(C)(C)NC(=O)C(C)(C)NC(=O)[C@H](CC(C)C)NC(=O)CNC(=O)[C@@H](NC(=O)C(C)(C)NC(=O)C(C)(C)NC(=O)[C@@H](NC(C)=O)C(C)C)C(C)C)C(=O)NC(C)(C)C(=O)N[C@H](CO)Cc1ccccc1. The molecule has 1 heterocycles.